The third-order valence-electron chi connectivity index (χ3n) is 6.54. The zero-order valence-electron chi connectivity index (χ0n) is 19.9. The van der Waals surface area contributed by atoms with Gasteiger partial charge in [0.05, 0.1) is 19.2 Å². The SMILES string of the molecule is COCCN(C1CCN(CCc2ccc(OC)cc2)CC1)S(=O)(=O)c1cccc2cccnc12. The molecule has 1 saturated heterocycles. The summed E-state index contributed by atoms with van der Waals surface area (Å²) in [5, 5.41) is 0.823. The number of hydrogen-bond acceptors (Lipinski definition) is 6. The van der Waals surface area contributed by atoms with E-state index in [2.05, 4.69) is 22.0 Å². The summed E-state index contributed by atoms with van der Waals surface area (Å²) in [7, 11) is -0.443. The Morgan fingerprint density at radius 1 is 1.03 bits per heavy atom. The monoisotopic (exact) mass is 483 g/mol. The predicted octanol–water partition coefficient (Wildman–Crippen LogP) is 3.59. The molecular weight excluding hydrogens is 450 g/mol. The van der Waals surface area contributed by atoms with E-state index in [1.165, 1.54) is 5.56 Å². The maximum absolute atomic E-state index is 13.8. The maximum Gasteiger partial charge on any atom is 0.245 e. The smallest absolute Gasteiger partial charge is 0.245 e. The van der Waals surface area contributed by atoms with Gasteiger partial charge in [0.1, 0.15) is 10.6 Å². The number of piperidine rings is 1. The highest BCUT2D eigenvalue weighted by Gasteiger charge is 2.34. The van der Waals surface area contributed by atoms with Crippen LogP contribution in [0.25, 0.3) is 10.9 Å². The minimum atomic E-state index is -3.72. The van der Waals surface area contributed by atoms with Gasteiger partial charge in [0.25, 0.3) is 0 Å². The number of sulfonamides is 1. The van der Waals surface area contributed by atoms with Crippen molar-refractivity contribution >= 4 is 20.9 Å². The summed E-state index contributed by atoms with van der Waals surface area (Å²) in [5.74, 6) is 0.864. The average Bonchev–Trinajstić information content (AvgIpc) is 2.88. The number of aromatic nitrogens is 1. The number of para-hydroxylation sites is 1. The fraction of sp³-hybridized carbons (Fsp3) is 0.423. The summed E-state index contributed by atoms with van der Waals surface area (Å²) in [4.78, 5) is 7.06. The zero-order chi connectivity index (χ0) is 24.0. The van der Waals surface area contributed by atoms with Crippen molar-refractivity contribution in [1.82, 2.24) is 14.2 Å². The van der Waals surface area contributed by atoms with E-state index in [1.807, 2.05) is 30.3 Å². The number of rotatable bonds is 10. The fourth-order valence-electron chi connectivity index (χ4n) is 4.60. The second-order valence-electron chi connectivity index (χ2n) is 8.61. The lowest BCUT2D eigenvalue weighted by atomic mass is 10.0. The number of hydrogen-bond donors (Lipinski definition) is 0. The van der Waals surface area contributed by atoms with Gasteiger partial charge in [-0.05, 0) is 62.2 Å². The second kappa shape index (κ2) is 11.3. The first-order valence-corrected chi connectivity index (χ1v) is 13.2. The molecule has 0 aliphatic carbocycles. The minimum Gasteiger partial charge on any atom is -0.497 e. The molecule has 7 nitrogen and oxygen atoms in total. The second-order valence-corrected chi connectivity index (χ2v) is 10.5. The van der Waals surface area contributed by atoms with Crippen molar-refractivity contribution in [3.8, 4) is 5.75 Å². The molecule has 0 unspecified atom stereocenters. The molecule has 0 saturated carbocycles. The van der Waals surface area contributed by atoms with E-state index >= 15 is 0 Å². The molecule has 0 bridgehead atoms. The predicted molar refractivity (Wildman–Crippen MR) is 134 cm³/mol. The molecule has 1 fully saturated rings. The molecule has 0 N–H and O–H groups in total. The lowest BCUT2D eigenvalue weighted by Gasteiger charge is -2.38. The van der Waals surface area contributed by atoms with Crippen molar-refractivity contribution in [2.75, 3.05) is 47.0 Å². The normalized spacial score (nSPS) is 15.7. The summed E-state index contributed by atoms with van der Waals surface area (Å²) in [6.45, 7) is 3.38. The average molecular weight is 484 g/mol. The fourth-order valence-corrected chi connectivity index (χ4v) is 6.44. The van der Waals surface area contributed by atoms with Crippen LogP contribution in [0.5, 0.6) is 5.75 Å². The van der Waals surface area contributed by atoms with Gasteiger partial charge < -0.3 is 14.4 Å². The number of ether oxygens (including phenoxy) is 2. The van der Waals surface area contributed by atoms with Gasteiger partial charge in [0.2, 0.25) is 10.0 Å². The Labute approximate surface area is 202 Å². The molecular formula is C26H33N3O4S. The van der Waals surface area contributed by atoms with Crippen molar-refractivity contribution in [1.29, 1.82) is 0 Å². The molecule has 8 heteroatoms. The molecule has 2 heterocycles. The van der Waals surface area contributed by atoms with Gasteiger partial charge in [-0.3, -0.25) is 4.98 Å². The van der Waals surface area contributed by atoms with E-state index in [9.17, 15) is 8.42 Å². The van der Waals surface area contributed by atoms with Crippen LogP contribution in [-0.4, -0.2) is 75.7 Å². The lowest BCUT2D eigenvalue weighted by Crippen LogP contribution is -2.48. The Morgan fingerprint density at radius 2 is 1.76 bits per heavy atom. The Morgan fingerprint density at radius 3 is 2.47 bits per heavy atom. The molecule has 2 aromatic carbocycles. The number of methoxy groups -OCH3 is 2. The minimum absolute atomic E-state index is 0.0589. The maximum atomic E-state index is 13.8. The molecule has 1 aliphatic heterocycles. The van der Waals surface area contributed by atoms with E-state index in [0.717, 1.165) is 50.0 Å². The van der Waals surface area contributed by atoms with Crippen LogP contribution in [0.4, 0.5) is 0 Å². The van der Waals surface area contributed by atoms with Crippen molar-refractivity contribution in [3.63, 3.8) is 0 Å². The molecule has 182 valence electrons. The van der Waals surface area contributed by atoms with E-state index < -0.39 is 10.0 Å². The first-order valence-electron chi connectivity index (χ1n) is 11.7. The van der Waals surface area contributed by atoms with Gasteiger partial charge in [-0.25, -0.2) is 8.42 Å². The van der Waals surface area contributed by atoms with Gasteiger partial charge in [-0.1, -0.05) is 30.3 Å². The Bertz CT molecular complexity index is 1170. The summed E-state index contributed by atoms with van der Waals surface area (Å²) in [6.07, 6.45) is 4.19. The highest BCUT2D eigenvalue weighted by molar-refractivity contribution is 7.89. The topological polar surface area (TPSA) is 72.0 Å². The first-order chi connectivity index (χ1) is 16.5. The van der Waals surface area contributed by atoms with Crippen LogP contribution >= 0.6 is 0 Å². The van der Waals surface area contributed by atoms with Crippen molar-refractivity contribution in [2.45, 2.75) is 30.2 Å². The Kier molecular flexibility index (Phi) is 8.15. The van der Waals surface area contributed by atoms with E-state index in [1.54, 1.807) is 36.9 Å². The number of fused-ring (bicyclic) bond motifs is 1. The highest BCUT2D eigenvalue weighted by Crippen LogP contribution is 2.28. The number of likely N-dealkylation sites (tertiary alicyclic amines) is 1. The quantitative estimate of drug-likeness (QED) is 0.439. The molecule has 34 heavy (non-hydrogen) atoms. The third-order valence-corrected chi connectivity index (χ3v) is 8.52. The molecule has 0 spiro atoms. The van der Waals surface area contributed by atoms with E-state index in [4.69, 9.17) is 9.47 Å². The molecule has 0 amide bonds. The van der Waals surface area contributed by atoms with Crippen molar-refractivity contribution < 1.29 is 17.9 Å². The molecule has 0 atom stereocenters. The van der Waals surface area contributed by atoms with Crippen LogP contribution in [0.2, 0.25) is 0 Å². The third kappa shape index (κ3) is 5.58. The highest BCUT2D eigenvalue weighted by atomic mass is 32.2. The molecule has 3 aromatic rings. The van der Waals surface area contributed by atoms with Crippen molar-refractivity contribution in [2.24, 2.45) is 0 Å². The van der Waals surface area contributed by atoms with Crippen LogP contribution in [0.15, 0.2) is 65.7 Å². The van der Waals surface area contributed by atoms with Gasteiger partial charge in [-0.15, -0.1) is 0 Å². The molecule has 0 radical (unpaired) electrons. The first kappa shape index (κ1) is 24.6. The Hall–Kier alpha value is -2.52. The van der Waals surface area contributed by atoms with Crippen LogP contribution < -0.4 is 4.74 Å². The van der Waals surface area contributed by atoms with Gasteiger partial charge in [0, 0.05) is 37.8 Å². The van der Waals surface area contributed by atoms with Gasteiger partial charge >= 0.3 is 0 Å². The molecule has 1 aromatic heterocycles. The van der Waals surface area contributed by atoms with Crippen LogP contribution in [0, 0.1) is 0 Å². The molecule has 4 rings (SSSR count). The standard InChI is InChI=1S/C26H33N3O4S/c1-32-20-19-29(34(30,31)25-7-3-5-22-6-4-15-27-26(22)25)23-13-17-28(18-14-23)16-12-21-8-10-24(33-2)11-9-21/h3-11,15,23H,12-14,16-20H2,1-2H3. The van der Waals surface area contributed by atoms with Crippen LogP contribution in [0.3, 0.4) is 0 Å². The summed E-state index contributed by atoms with van der Waals surface area (Å²) < 4.78 is 39.7. The Balaban J connectivity index is 1.44. The summed E-state index contributed by atoms with van der Waals surface area (Å²) >= 11 is 0. The van der Waals surface area contributed by atoms with Crippen molar-refractivity contribution in [3.05, 3.63) is 66.4 Å². The van der Waals surface area contributed by atoms with Crippen LogP contribution in [0.1, 0.15) is 18.4 Å². The number of nitrogens with zero attached hydrogens (tertiary/aromatic N) is 3. The van der Waals surface area contributed by atoms with E-state index in [-0.39, 0.29) is 10.9 Å². The lowest BCUT2D eigenvalue weighted by molar-refractivity contribution is 0.128. The van der Waals surface area contributed by atoms with E-state index in [0.29, 0.717) is 18.7 Å². The zero-order valence-corrected chi connectivity index (χ0v) is 20.7. The summed E-state index contributed by atoms with van der Waals surface area (Å²) in [5.41, 5.74) is 1.79. The van der Waals surface area contributed by atoms with Gasteiger partial charge in [0.15, 0.2) is 0 Å². The van der Waals surface area contributed by atoms with Gasteiger partial charge in [-0.2, -0.15) is 4.31 Å². The number of pyridine rings is 1. The number of benzene rings is 2. The summed E-state index contributed by atoms with van der Waals surface area (Å²) in [6, 6.07) is 17.2. The van der Waals surface area contributed by atoms with Crippen LogP contribution in [-0.2, 0) is 21.2 Å². The largest absolute Gasteiger partial charge is 0.497 e. The molecule has 1 aliphatic rings.